The first-order valence-electron chi connectivity index (χ1n) is 7.57. The summed E-state index contributed by atoms with van der Waals surface area (Å²) in [5.41, 5.74) is 1.17. The van der Waals surface area contributed by atoms with Crippen LogP contribution in [0.5, 0.6) is 5.75 Å². The van der Waals surface area contributed by atoms with Gasteiger partial charge in [-0.25, -0.2) is 0 Å². The molecular weight excluding hydrogens is 280 g/mol. The van der Waals surface area contributed by atoms with Gasteiger partial charge in [0.2, 0.25) is 0 Å². The molecule has 0 aliphatic carbocycles. The summed E-state index contributed by atoms with van der Waals surface area (Å²) >= 11 is 0. The van der Waals surface area contributed by atoms with E-state index in [9.17, 15) is 4.79 Å². The molecule has 0 bridgehead atoms. The van der Waals surface area contributed by atoms with E-state index in [-0.39, 0.29) is 12.5 Å². The van der Waals surface area contributed by atoms with Crippen molar-refractivity contribution in [1.29, 1.82) is 5.26 Å². The summed E-state index contributed by atoms with van der Waals surface area (Å²) < 4.78 is 11.0. The van der Waals surface area contributed by atoms with E-state index in [4.69, 9.17) is 14.7 Å². The maximum absolute atomic E-state index is 12.5. The van der Waals surface area contributed by atoms with E-state index in [1.165, 1.54) is 5.56 Å². The van der Waals surface area contributed by atoms with Crippen molar-refractivity contribution < 1.29 is 14.3 Å². The second-order valence-electron chi connectivity index (χ2n) is 5.74. The number of carbonyl (C=O) groups is 1. The van der Waals surface area contributed by atoms with Crippen LogP contribution in [-0.2, 0) is 9.53 Å². The fourth-order valence-electron chi connectivity index (χ4n) is 2.41. The van der Waals surface area contributed by atoms with Gasteiger partial charge in [-0.2, -0.15) is 5.26 Å². The Labute approximate surface area is 131 Å². The van der Waals surface area contributed by atoms with Gasteiger partial charge in [0.05, 0.1) is 19.3 Å². The van der Waals surface area contributed by atoms with Crippen LogP contribution in [0.3, 0.4) is 0 Å². The molecule has 1 aliphatic heterocycles. The molecule has 1 heterocycles. The van der Waals surface area contributed by atoms with E-state index in [1.54, 1.807) is 11.8 Å². The van der Waals surface area contributed by atoms with Crippen LogP contribution in [0.1, 0.15) is 32.3 Å². The van der Waals surface area contributed by atoms with Crippen molar-refractivity contribution in [2.45, 2.75) is 38.8 Å². The normalized spacial score (nSPS) is 19.6. The number of nitrogens with zero attached hydrogens (tertiary/aromatic N) is 2. The zero-order valence-corrected chi connectivity index (χ0v) is 13.3. The number of carbonyl (C=O) groups excluding carboxylic acids is 1. The number of hydrogen-bond acceptors (Lipinski definition) is 4. The van der Waals surface area contributed by atoms with Crippen molar-refractivity contribution >= 4 is 5.91 Å². The molecule has 5 nitrogen and oxygen atoms in total. The number of amides is 1. The van der Waals surface area contributed by atoms with Gasteiger partial charge in [0.1, 0.15) is 11.8 Å². The van der Waals surface area contributed by atoms with Crippen LogP contribution in [-0.4, -0.2) is 42.7 Å². The number of hydrogen-bond donors (Lipinski definition) is 0. The monoisotopic (exact) mass is 302 g/mol. The van der Waals surface area contributed by atoms with Crippen molar-refractivity contribution in [3.8, 4) is 11.8 Å². The van der Waals surface area contributed by atoms with Crippen molar-refractivity contribution in [3.63, 3.8) is 0 Å². The fourth-order valence-corrected chi connectivity index (χ4v) is 2.41. The lowest BCUT2D eigenvalue weighted by Gasteiger charge is -2.33. The Kier molecular flexibility index (Phi) is 5.40. The smallest absolute Gasteiger partial charge is 0.264 e. The second kappa shape index (κ2) is 7.28. The number of rotatable bonds is 4. The quantitative estimate of drug-likeness (QED) is 0.856. The Morgan fingerprint density at radius 1 is 1.45 bits per heavy atom. The topological polar surface area (TPSA) is 62.6 Å². The van der Waals surface area contributed by atoms with Gasteiger partial charge < -0.3 is 14.4 Å². The van der Waals surface area contributed by atoms with Gasteiger partial charge in [-0.05, 0) is 30.5 Å². The number of benzene rings is 1. The van der Waals surface area contributed by atoms with Crippen molar-refractivity contribution in [1.82, 2.24) is 4.90 Å². The molecule has 0 aromatic heterocycles. The predicted molar refractivity (Wildman–Crippen MR) is 82.6 cm³/mol. The zero-order chi connectivity index (χ0) is 16.1. The van der Waals surface area contributed by atoms with E-state index in [0.29, 0.717) is 24.8 Å². The van der Waals surface area contributed by atoms with Crippen LogP contribution in [0.15, 0.2) is 24.3 Å². The van der Waals surface area contributed by atoms with Crippen LogP contribution in [0.25, 0.3) is 0 Å². The number of ether oxygens (including phenoxy) is 2. The van der Waals surface area contributed by atoms with Crippen molar-refractivity contribution in [3.05, 3.63) is 29.8 Å². The van der Waals surface area contributed by atoms with Crippen LogP contribution >= 0.6 is 0 Å². The van der Waals surface area contributed by atoms with E-state index < -0.39 is 12.1 Å². The summed E-state index contributed by atoms with van der Waals surface area (Å²) in [6.07, 6.45) is -0.628. The van der Waals surface area contributed by atoms with Gasteiger partial charge in [0.25, 0.3) is 5.91 Å². The molecule has 1 fully saturated rings. The van der Waals surface area contributed by atoms with Gasteiger partial charge in [0.15, 0.2) is 6.10 Å². The minimum atomic E-state index is -0.628. The molecule has 0 unspecified atom stereocenters. The second-order valence-corrected chi connectivity index (χ2v) is 5.74. The van der Waals surface area contributed by atoms with Gasteiger partial charge in [-0.1, -0.05) is 26.0 Å². The highest BCUT2D eigenvalue weighted by atomic mass is 16.5. The Hall–Kier alpha value is -2.06. The Morgan fingerprint density at radius 2 is 2.23 bits per heavy atom. The zero-order valence-electron chi connectivity index (χ0n) is 13.3. The van der Waals surface area contributed by atoms with Gasteiger partial charge >= 0.3 is 0 Å². The molecule has 1 saturated heterocycles. The standard InChI is InChI=1S/C17H22N2O3/c1-12(2)14-5-4-6-16(9-14)22-13(3)17(20)19-7-8-21-11-15(19)10-18/h4-6,9,12-13,15H,7-8,11H2,1-3H3/t13-,15+/m0/s1. The molecule has 0 radical (unpaired) electrons. The molecule has 2 atom stereocenters. The summed E-state index contributed by atoms with van der Waals surface area (Å²) in [6, 6.07) is 9.33. The highest BCUT2D eigenvalue weighted by molar-refractivity contribution is 5.81. The van der Waals surface area contributed by atoms with Crippen LogP contribution < -0.4 is 4.74 Å². The average molecular weight is 302 g/mol. The maximum atomic E-state index is 12.5. The minimum Gasteiger partial charge on any atom is -0.481 e. The Morgan fingerprint density at radius 3 is 2.91 bits per heavy atom. The summed E-state index contributed by atoms with van der Waals surface area (Å²) in [7, 11) is 0. The van der Waals surface area contributed by atoms with Crippen LogP contribution in [0, 0.1) is 11.3 Å². The molecule has 0 saturated carbocycles. The molecule has 1 amide bonds. The Balaban J connectivity index is 2.05. The Bertz CT molecular complexity index is 565. The summed E-state index contributed by atoms with van der Waals surface area (Å²) in [4.78, 5) is 14.0. The molecule has 0 N–H and O–H groups in total. The van der Waals surface area contributed by atoms with Crippen molar-refractivity contribution in [2.24, 2.45) is 0 Å². The summed E-state index contributed by atoms with van der Waals surface area (Å²) in [5.74, 6) is 0.899. The first kappa shape index (κ1) is 16.3. The van der Waals surface area contributed by atoms with E-state index in [0.717, 1.165) is 0 Å². The SMILES string of the molecule is CC(C)c1cccc(O[C@@H](C)C(=O)N2CCOC[C@H]2C#N)c1. The summed E-state index contributed by atoms with van der Waals surface area (Å²) in [6.45, 7) is 7.08. The lowest BCUT2D eigenvalue weighted by Crippen LogP contribution is -2.52. The van der Waals surface area contributed by atoms with E-state index >= 15 is 0 Å². The predicted octanol–water partition coefficient (Wildman–Crippen LogP) is 2.33. The number of nitriles is 1. The first-order valence-corrected chi connectivity index (χ1v) is 7.57. The molecule has 1 aromatic rings. The molecule has 0 spiro atoms. The largest absolute Gasteiger partial charge is 0.481 e. The molecular formula is C17H22N2O3. The van der Waals surface area contributed by atoms with Gasteiger partial charge in [0, 0.05) is 6.54 Å². The number of morpholine rings is 1. The molecule has 5 heteroatoms. The first-order chi connectivity index (χ1) is 10.5. The van der Waals surface area contributed by atoms with Gasteiger partial charge in [-0.3, -0.25) is 4.79 Å². The maximum Gasteiger partial charge on any atom is 0.264 e. The molecule has 22 heavy (non-hydrogen) atoms. The van der Waals surface area contributed by atoms with Crippen LogP contribution in [0.2, 0.25) is 0 Å². The van der Waals surface area contributed by atoms with Crippen molar-refractivity contribution in [2.75, 3.05) is 19.8 Å². The lowest BCUT2D eigenvalue weighted by molar-refractivity contribution is -0.144. The minimum absolute atomic E-state index is 0.176. The van der Waals surface area contributed by atoms with E-state index in [1.807, 2.05) is 24.3 Å². The molecule has 2 rings (SSSR count). The molecule has 1 aliphatic rings. The third kappa shape index (κ3) is 3.77. The van der Waals surface area contributed by atoms with Crippen LogP contribution in [0.4, 0.5) is 0 Å². The fraction of sp³-hybridized carbons (Fsp3) is 0.529. The van der Waals surface area contributed by atoms with Gasteiger partial charge in [-0.15, -0.1) is 0 Å². The highest BCUT2D eigenvalue weighted by Crippen LogP contribution is 2.21. The highest BCUT2D eigenvalue weighted by Gasteiger charge is 2.31. The third-order valence-corrected chi connectivity index (χ3v) is 3.75. The lowest BCUT2D eigenvalue weighted by atomic mass is 10.0. The summed E-state index contributed by atoms with van der Waals surface area (Å²) in [5, 5.41) is 9.11. The average Bonchev–Trinajstić information content (AvgIpc) is 2.54. The molecule has 118 valence electrons. The van der Waals surface area contributed by atoms with E-state index in [2.05, 4.69) is 19.9 Å². The molecule has 1 aromatic carbocycles. The third-order valence-electron chi connectivity index (χ3n) is 3.75.